The molecule has 0 saturated heterocycles. The van der Waals surface area contributed by atoms with Crippen molar-refractivity contribution in [3.05, 3.63) is 0 Å². The van der Waals surface area contributed by atoms with Gasteiger partial charge in [0.1, 0.15) is 0 Å². The van der Waals surface area contributed by atoms with Crippen LogP contribution in [-0.4, -0.2) is 23.5 Å². The molecule has 2 amide bonds. The molecular weight excluding hydrogens is 120 g/mol. The van der Waals surface area contributed by atoms with Gasteiger partial charge in [-0.2, -0.15) is 0 Å². The second-order valence-corrected chi connectivity index (χ2v) is 1.66. The molecule has 4 heteroatoms. The highest BCUT2D eigenvalue weighted by Gasteiger charge is 1.90. The van der Waals surface area contributed by atoms with E-state index in [0.717, 1.165) is 0 Å². The van der Waals surface area contributed by atoms with Crippen molar-refractivity contribution in [3.8, 4) is 0 Å². The first-order chi connectivity index (χ1) is 4.16. The molecule has 0 rings (SSSR count). The minimum absolute atomic E-state index is 0.00259. The number of nitrogens with zero attached hydrogens (tertiary/aromatic N) is 1. The number of aliphatic imine (C=N–C) groups is 1. The van der Waals surface area contributed by atoms with Crippen molar-refractivity contribution in [1.82, 2.24) is 0 Å². The van der Waals surface area contributed by atoms with E-state index < -0.39 is 6.03 Å². The van der Waals surface area contributed by atoms with Crippen LogP contribution in [-0.2, 0) is 0 Å². The summed E-state index contributed by atoms with van der Waals surface area (Å²) in [6, 6.07) is -0.707. The molecular formula is C5H10N2O2. The summed E-state index contributed by atoms with van der Waals surface area (Å²) in [6.45, 7) is 1.64. The molecule has 0 aliphatic rings. The topological polar surface area (TPSA) is 75.7 Å². The Bertz CT molecular complexity index is 131. The molecule has 0 aromatic heterocycles. The van der Waals surface area contributed by atoms with Crippen LogP contribution in [0.15, 0.2) is 4.99 Å². The summed E-state index contributed by atoms with van der Waals surface area (Å²) in [6.07, 6.45) is 0.406. The Kier molecular flexibility index (Phi) is 3.62. The summed E-state index contributed by atoms with van der Waals surface area (Å²) in [5.74, 6) is 0. The van der Waals surface area contributed by atoms with Gasteiger partial charge in [-0.05, 0) is 6.92 Å². The van der Waals surface area contributed by atoms with Crippen LogP contribution in [0.3, 0.4) is 0 Å². The monoisotopic (exact) mass is 130 g/mol. The van der Waals surface area contributed by atoms with Gasteiger partial charge >= 0.3 is 6.03 Å². The summed E-state index contributed by atoms with van der Waals surface area (Å²) in [7, 11) is 0. The quantitative estimate of drug-likeness (QED) is 0.512. The Morgan fingerprint density at radius 3 is 2.67 bits per heavy atom. The number of rotatable bonds is 2. The Morgan fingerprint density at radius 2 is 2.33 bits per heavy atom. The third kappa shape index (κ3) is 4.96. The number of amides is 2. The van der Waals surface area contributed by atoms with Crippen molar-refractivity contribution in [2.75, 3.05) is 6.61 Å². The maximum absolute atomic E-state index is 10.0. The number of aliphatic hydroxyl groups is 1. The number of urea groups is 1. The maximum atomic E-state index is 10.0. The van der Waals surface area contributed by atoms with Gasteiger partial charge in [0, 0.05) is 18.7 Å². The molecule has 0 spiro atoms. The average Bonchev–Trinajstić information content (AvgIpc) is 1.63. The van der Waals surface area contributed by atoms with Crippen LogP contribution in [0.1, 0.15) is 13.3 Å². The summed E-state index contributed by atoms with van der Waals surface area (Å²) in [4.78, 5) is 13.4. The molecule has 0 atom stereocenters. The molecule has 52 valence electrons. The first-order valence-corrected chi connectivity index (χ1v) is 2.61. The van der Waals surface area contributed by atoms with Crippen molar-refractivity contribution in [1.29, 1.82) is 0 Å². The van der Waals surface area contributed by atoms with Gasteiger partial charge in [-0.25, -0.2) is 9.79 Å². The van der Waals surface area contributed by atoms with E-state index in [9.17, 15) is 4.79 Å². The summed E-state index contributed by atoms with van der Waals surface area (Å²) in [5.41, 5.74) is 5.28. The molecule has 0 unspecified atom stereocenters. The fraction of sp³-hybridized carbons (Fsp3) is 0.600. The van der Waals surface area contributed by atoms with E-state index in [4.69, 9.17) is 10.8 Å². The van der Waals surface area contributed by atoms with E-state index in [1.54, 1.807) is 6.92 Å². The molecule has 0 aromatic carbocycles. The van der Waals surface area contributed by atoms with E-state index in [1.807, 2.05) is 0 Å². The predicted octanol–water partition coefficient (Wildman–Crippen LogP) is -0.0916. The standard InChI is InChI=1S/C5H10N2O2/c1-4(2-3-8)7-5(6)9/h8H,2-3H2,1H3,(H2,6,9). The van der Waals surface area contributed by atoms with Crippen LogP contribution < -0.4 is 5.73 Å². The third-order valence-electron chi connectivity index (χ3n) is 0.775. The molecule has 0 bridgehead atoms. The van der Waals surface area contributed by atoms with Crippen molar-refractivity contribution in [3.63, 3.8) is 0 Å². The van der Waals surface area contributed by atoms with Gasteiger partial charge in [-0.3, -0.25) is 0 Å². The highest BCUT2D eigenvalue weighted by atomic mass is 16.3. The van der Waals surface area contributed by atoms with Crippen molar-refractivity contribution in [2.45, 2.75) is 13.3 Å². The fourth-order valence-corrected chi connectivity index (χ4v) is 0.406. The molecule has 9 heavy (non-hydrogen) atoms. The zero-order chi connectivity index (χ0) is 7.28. The van der Waals surface area contributed by atoms with Crippen LogP contribution in [0.25, 0.3) is 0 Å². The number of carbonyl (C=O) groups is 1. The van der Waals surface area contributed by atoms with Gasteiger partial charge < -0.3 is 10.8 Å². The Balaban J connectivity index is 3.69. The lowest BCUT2D eigenvalue weighted by molar-refractivity contribution is 0.256. The van der Waals surface area contributed by atoms with E-state index in [2.05, 4.69) is 4.99 Å². The summed E-state index contributed by atoms with van der Waals surface area (Å²) in [5, 5.41) is 8.32. The molecule has 0 aliphatic heterocycles. The van der Waals surface area contributed by atoms with Gasteiger partial charge in [0.15, 0.2) is 0 Å². The highest BCUT2D eigenvalue weighted by molar-refractivity contribution is 5.92. The molecule has 4 nitrogen and oxygen atoms in total. The first-order valence-electron chi connectivity index (χ1n) is 2.61. The molecule has 0 radical (unpaired) electrons. The number of carbonyl (C=O) groups excluding carboxylic acids is 1. The van der Waals surface area contributed by atoms with Gasteiger partial charge in [0.2, 0.25) is 0 Å². The second-order valence-electron chi connectivity index (χ2n) is 1.66. The van der Waals surface area contributed by atoms with Gasteiger partial charge in [-0.15, -0.1) is 0 Å². The molecule has 0 heterocycles. The Hall–Kier alpha value is -0.900. The number of hydrogen-bond acceptors (Lipinski definition) is 2. The van der Waals surface area contributed by atoms with E-state index in [0.29, 0.717) is 12.1 Å². The average molecular weight is 130 g/mol. The Labute approximate surface area is 53.4 Å². The summed E-state index contributed by atoms with van der Waals surface area (Å²) >= 11 is 0. The van der Waals surface area contributed by atoms with Crippen molar-refractivity contribution < 1.29 is 9.90 Å². The van der Waals surface area contributed by atoms with Crippen molar-refractivity contribution >= 4 is 11.7 Å². The predicted molar refractivity (Wildman–Crippen MR) is 34.4 cm³/mol. The van der Waals surface area contributed by atoms with Crippen LogP contribution in [0.2, 0.25) is 0 Å². The molecule has 0 saturated carbocycles. The van der Waals surface area contributed by atoms with E-state index in [1.165, 1.54) is 0 Å². The second kappa shape index (κ2) is 4.03. The summed E-state index contributed by atoms with van der Waals surface area (Å²) < 4.78 is 0. The van der Waals surface area contributed by atoms with E-state index in [-0.39, 0.29) is 6.61 Å². The van der Waals surface area contributed by atoms with Crippen LogP contribution >= 0.6 is 0 Å². The molecule has 0 fully saturated rings. The first kappa shape index (κ1) is 8.10. The number of hydrogen-bond donors (Lipinski definition) is 2. The van der Waals surface area contributed by atoms with Gasteiger partial charge in [-0.1, -0.05) is 0 Å². The minimum Gasteiger partial charge on any atom is -0.396 e. The fourth-order valence-electron chi connectivity index (χ4n) is 0.406. The lowest BCUT2D eigenvalue weighted by Crippen LogP contribution is -2.08. The lowest BCUT2D eigenvalue weighted by Gasteiger charge is -1.91. The molecule has 0 aliphatic carbocycles. The third-order valence-corrected chi connectivity index (χ3v) is 0.775. The number of nitrogens with two attached hydrogens (primary N) is 1. The normalized spacial score (nSPS) is 11.6. The van der Waals surface area contributed by atoms with Crippen molar-refractivity contribution in [2.24, 2.45) is 10.7 Å². The maximum Gasteiger partial charge on any atom is 0.338 e. The van der Waals surface area contributed by atoms with Crippen LogP contribution in [0.5, 0.6) is 0 Å². The van der Waals surface area contributed by atoms with E-state index >= 15 is 0 Å². The smallest absolute Gasteiger partial charge is 0.338 e. The largest absolute Gasteiger partial charge is 0.396 e. The minimum atomic E-state index is -0.707. The Morgan fingerprint density at radius 1 is 1.78 bits per heavy atom. The van der Waals surface area contributed by atoms with Crippen LogP contribution in [0.4, 0.5) is 4.79 Å². The van der Waals surface area contributed by atoms with Gasteiger partial charge in [0.25, 0.3) is 0 Å². The SMILES string of the molecule is CC(CCO)=NC(N)=O. The van der Waals surface area contributed by atoms with Crippen LogP contribution in [0, 0.1) is 0 Å². The lowest BCUT2D eigenvalue weighted by atomic mass is 10.3. The molecule has 3 N–H and O–H groups in total. The highest BCUT2D eigenvalue weighted by Crippen LogP contribution is 1.83. The number of primary amides is 1. The number of aliphatic hydroxyl groups excluding tert-OH is 1. The zero-order valence-corrected chi connectivity index (χ0v) is 5.29. The van der Waals surface area contributed by atoms with Gasteiger partial charge in [0.05, 0.1) is 0 Å². The zero-order valence-electron chi connectivity index (χ0n) is 5.29. The molecule has 0 aromatic rings.